The minimum Gasteiger partial charge on any atom is -0.381 e. The molecule has 0 radical (unpaired) electrons. The molecular weight excluding hydrogens is 234 g/mol. The highest BCUT2D eigenvalue weighted by molar-refractivity contribution is 6.35. The van der Waals surface area contributed by atoms with E-state index in [2.05, 4.69) is 22.9 Å². The maximum absolute atomic E-state index is 6.28. The van der Waals surface area contributed by atoms with E-state index in [4.69, 9.17) is 16.3 Å². The third-order valence-corrected chi connectivity index (χ3v) is 3.84. The highest BCUT2D eigenvalue weighted by Gasteiger charge is 2.15. The van der Waals surface area contributed by atoms with Gasteiger partial charge in [0.15, 0.2) is 0 Å². The first-order valence-electron chi connectivity index (χ1n) is 6.16. The Hall–Kier alpha value is -0.990. The Morgan fingerprint density at radius 1 is 1.24 bits per heavy atom. The van der Waals surface area contributed by atoms with Crippen molar-refractivity contribution < 1.29 is 4.74 Å². The predicted molar refractivity (Wildman–Crippen MR) is 70.5 cm³/mol. The summed E-state index contributed by atoms with van der Waals surface area (Å²) in [5.41, 5.74) is 1.17. The number of nitrogens with zero attached hydrogens (tertiary/aromatic N) is 1. The summed E-state index contributed by atoms with van der Waals surface area (Å²) in [6.45, 7) is 2.85. The van der Waals surface area contributed by atoms with Crippen LogP contribution in [0, 0.1) is 5.92 Å². The molecule has 0 unspecified atom stereocenters. The zero-order valence-corrected chi connectivity index (χ0v) is 10.5. The van der Waals surface area contributed by atoms with Gasteiger partial charge in [-0.15, -0.1) is 0 Å². The fourth-order valence-electron chi connectivity index (χ4n) is 2.57. The van der Waals surface area contributed by atoms with Gasteiger partial charge < -0.3 is 9.30 Å². The molecule has 1 saturated heterocycles. The SMILES string of the molecule is Clc1cccc2ccn(CC3CCOCC3)c12. The van der Waals surface area contributed by atoms with Crippen LogP contribution >= 0.6 is 11.6 Å². The van der Waals surface area contributed by atoms with Crippen LogP contribution in [-0.2, 0) is 11.3 Å². The standard InChI is InChI=1S/C14H16ClNO/c15-13-3-1-2-12-4-7-16(14(12)13)10-11-5-8-17-9-6-11/h1-4,7,11H,5-6,8-10H2. The van der Waals surface area contributed by atoms with Gasteiger partial charge in [0.05, 0.1) is 10.5 Å². The van der Waals surface area contributed by atoms with E-state index >= 15 is 0 Å². The van der Waals surface area contributed by atoms with Gasteiger partial charge in [-0.2, -0.15) is 0 Å². The molecule has 2 nitrogen and oxygen atoms in total. The van der Waals surface area contributed by atoms with Crippen molar-refractivity contribution in [1.29, 1.82) is 0 Å². The molecular formula is C14H16ClNO. The van der Waals surface area contributed by atoms with Gasteiger partial charge in [0, 0.05) is 31.3 Å². The second-order valence-electron chi connectivity index (χ2n) is 4.70. The van der Waals surface area contributed by atoms with Crippen molar-refractivity contribution in [3.05, 3.63) is 35.5 Å². The number of rotatable bonds is 2. The summed E-state index contributed by atoms with van der Waals surface area (Å²) in [6, 6.07) is 8.22. The van der Waals surface area contributed by atoms with E-state index in [1.807, 2.05) is 12.1 Å². The first-order chi connectivity index (χ1) is 8.34. The molecule has 3 rings (SSSR count). The van der Waals surface area contributed by atoms with Crippen molar-refractivity contribution in [2.24, 2.45) is 5.92 Å². The number of fused-ring (bicyclic) bond motifs is 1. The molecule has 0 aliphatic carbocycles. The second kappa shape index (κ2) is 4.71. The van der Waals surface area contributed by atoms with Gasteiger partial charge in [0.2, 0.25) is 0 Å². The lowest BCUT2D eigenvalue weighted by atomic mass is 10.0. The maximum atomic E-state index is 6.28. The van der Waals surface area contributed by atoms with E-state index in [0.29, 0.717) is 0 Å². The molecule has 1 aromatic heterocycles. The first kappa shape index (κ1) is 11.1. The molecule has 0 saturated carbocycles. The Labute approximate surface area is 106 Å². The summed E-state index contributed by atoms with van der Waals surface area (Å²) in [4.78, 5) is 0. The Morgan fingerprint density at radius 3 is 2.88 bits per heavy atom. The van der Waals surface area contributed by atoms with Crippen LogP contribution in [0.4, 0.5) is 0 Å². The molecule has 0 N–H and O–H groups in total. The van der Waals surface area contributed by atoms with Crippen LogP contribution in [0.1, 0.15) is 12.8 Å². The molecule has 0 bridgehead atoms. The number of hydrogen-bond acceptors (Lipinski definition) is 1. The highest BCUT2D eigenvalue weighted by Crippen LogP contribution is 2.26. The maximum Gasteiger partial charge on any atom is 0.0669 e. The van der Waals surface area contributed by atoms with Crippen molar-refractivity contribution >= 4 is 22.5 Å². The fraction of sp³-hybridized carbons (Fsp3) is 0.429. The van der Waals surface area contributed by atoms with Gasteiger partial charge in [-0.05, 0) is 30.9 Å². The Balaban J connectivity index is 1.89. The molecule has 2 heterocycles. The van der Waals surface area contributed by atoms with Gasteiger partial charge in [-0.3, -0.25) is 0 Å². The largest absolute Gasteiger partial charge is 0.381 e. The van der Waals surface area contributed by atoms with Gasteiger partial charge >= 0.3 is 0 Å². The van der Waals surface area contributed by atoms with Crippen molar-refractivity contribution in [3.8, 4) is 0 Å². The van der Waals surface area contributed by atoms with Crippen LogP contribution < -0.4 is 0 Å². The average molecular weight is 250 g/mol. The van der Waals surface area contributed by atoms with Crippen LogP contribution in [-0.4, -0.2) is 17.8 Å². The van der Waals surface area contributed by atoms with Crippen molar-refractivity contribution in [2.45, 2.75) is 19.4 Å². The lowest BCUT2D eigenvalue weighted by Gasteiger charge is -2.23. The van der Waals surface area contributed by atoms with E-state index in [0.717, 1.165) is 43.5 Å². The molecule has 1 fully saturated rings. The smallest absolute Gasteiger partial charge is 0.0669 e. The van der Waals surface area contributed by atoms with Gasteiger partial charge in [0.1, 0.15) is 0 Å². The normalized spacial score (nSPS) is 17.7. The molecule has 90 valence electrons. The number of ether oxygens (including phenoxy) is 1. The van der Waals surface area contributed by atoms with E-state index < -0.39 is 0 Å². The molecule has 1 aliphatic rings. The monoisotopic (exact) mass is 249 g/mol. The Morgan fingerprint density at radius 2 is 2.06 bits per heavy atom. The van der Waals surface area contributed by atoms with Crippen LogP contribution in [0.5, 0.6) is 0 Å². The lowest BCUT2D eigenvalue weighted by molar-refractivity contribution is 0.0616. The van der Waals surface area contributed by atoms with Gasteiger partial charge in [-0.25, -0.2) is 0 Å². The third kappa shape index (κ3) is 2.20. The molecule has 0 amide bonds. The number of para-hydroxylation sites is 1. The minimum atomic E-state index is 0.718. The number of halogens is 1. The number of aromatic nitrogens is 1. The van der Waals surface area contributed by atoms with Crippen molar-refractivity contribution in [2.75, 3.05) is 13.2 Å². The van der Waals surface area contributed by atoms with E-state index in [1.54, 1.807) is 0 Å². The van der Waals surface area contributed by atoms with E-state index in [1.165, 1.54) is 10.9 Å². The molecule has 2 aromatic rings. The summed E-state index contributed by atoms with van der Waals surface area (Å²) < 4.78 is 7.68. The summed E-state index contributed by atoms with van der Waals surface area (Å²) in [6.07, 6.45) is 4.46. The van der Waals surface area contributed by atoms with Gasteiger partial charge in [0.25, 0.3) is 0 Å². The topological polar surface area (TPSA) is 14.2 Å². The Bertz CT molecular complexity index is 514. The van der Waals surface area contributed by atoms with Crippen molar-refractivity contribution in [3.63, 3.8) is 0 Å². The molecule has 0 atom stereocenters. The molecule has 17 heavy (non-hydrogen) atoms. The first-order valence-corrected chi connectivity index (χ1v) is 6.53. The average Bonchev–Trinajstić information content (AvgIpc) is 2.75. The molecule has 3 heteroatoms. The van der Waals surface area contributed by atoms with Crippen LogP contribution in [0.2, 0.25) is 5.02 Å². The van der Waals surface area contributed by atoms with E-state index in [9.17, 15) is 0 Å². The number of benzene rings is 1. The molecule has 1 aromatic carbocycles. The van der Waals surface area contributed by atoms with Crippen molar-refractivity contribution in [1.82, 2.24) is 4.57 Å². The van der Waals surface area contributed by atoms with Crippen LogP contribution in [0.3, 0.4) is 0 Å². The summed E-state index contributed by atoms with van der Waals surface area (Å²) in [5, 5.41) is 2.07. The van der Waals surface area contributed by atoms with Crippen LogP contribution in [0.15, 0.2) is 30.5 Å². The highest BCUT2D eigenvalue weighted by atomic mass is 35.5. The minimum absolute atomic E-state index is 0.718. The Kier molecular flexibility index (Phi) is 3.08. The fourth-order valence-corrected chi connectivity index (χ4v) is 2.86. The predicted octanol–water partition coefficient (Wildman–Crippen LogP) is 3.72. The molecule has 0 spiro atoms. The summed E-state index contributed by atoms with van der Waals surface area (Å²) in [7, 11) is 0. The van der Waals surface area contributed by atoms with Gasteiger partial charge in [-0.1, -0.05) is 23.7 Å². The lowest BCUT2D eigenvalue weighted by Crippen LogP contribution is -2.20. The number of hydrogen-bond donors (Lipinski definition) is 0. The second-order valence-corrected chi connectivity index (χ2v) is 5.11. The quantitative estimate of drug-likeness (QED) is 0.791. The zero-order valence-electron chi connectivity index (χ0n) is 9.73. The van der Waals surface area contributed by atoms with Crippen LogP contribution in [0.25, 0.3) is 10.9 Å². The zero-order chi connectivity index (χ0) is 11.7. The molecule has 1 aliphatic heterocycles. The third-order valence-electron chi connectivity index (χ3n) is 3.54. The summed E-state index contributed by atoms with van der Waals surface area (Å²) >= 11 is 6.28. The summed E-state index contributed by atoms with van der Waals surface area (Å²) in [5.74, 6) is 0.718. The van der Waals surface area contributed by atoms with E-state index in [-0.39, 0.29) is 0 Å².